The molecule has 9 nitrogen and oxygen atoms in total. The fourth-order valence-corrected chi connectivity index (χ4v) is 4.24. The molecule has 0 spiro atoms. The predicted molar refractivity (Wildman–Crippen MR) is 120 cm³/mol. The van der Waals surface area contributed by atoms with Gasteiger partial charge in [0, 0.05) is 62.7 Å². The first kappa shape index (κ1) is 21.6. The van der Waals surface area contributed by atoms with Crippen LogP contribution >= 0.6 is 0 Å². The van der Waals surface area contributed by atoms with Crippen molar-refractivity contribution in [3.63, 3.8) is 0 Å². The zero-order chi connectivity index (χ0) is 22.7. The molecule has 0 aliphatic carbocycles. The maximum Gasteiger partial charge on any atom is 0.269 e. The van der Waals surface area contributed by atoms with Gasteiger partial charge >= 0.3 is 0 Å². The number of hydrogen-bond acceptors (Lipinski definition) is 6. The number of non-ortho nitro benzene ring substituents is 1. The summed E-state index contributed by atoms with van der Waals surface area (Å²) in [7, 11) is 0. The van der Waals surface area contributed by atoms with E-state index in [4.69, 9.17) is 4.74 Å². The van der Waals surface area contributed by atoms with E-state index < -0.39 is 4.92 Å². The van der Waals surface area contributed by atoms with Crippen molar-refractivity contribution < 1.29 is 19.2 Å². The fraction of sp³-hybridized carbons (Fsp3) is 0.391. The van der Waals surface area contributed by atoms with Gasteiger partial charge in [-0.25, -0.2) is 0 Å². The summed E-state index contributed by atoms with van der Waals surface area (Å²) in [5, 5.41) is 10.8. The Bertz CT molecular complexity index is 984. The Morgan fingerprint density at radius 2 is 1.66 bits per heavy atom. The highest BCUT2D eigenvalue weighted by molar-refractivity contribution is 6.00. The smallest absolute Gasteiger partial charge is 0.269 e. The molecule has 2 aliphatic rings. The fourth-order valence-electron chi connectivity index (χ4n) is 4.24. The van der Waals surface area contributed by atoms with Crippen molar-refractivity contribution in [1.82, 2.24) is 4.90 Å². The maximum atomic E-state index is 13.1. The highest BCUT2D eigenvalue weighted by atomic mass is 16.6. The number of carbonyl (C=O) groups is 2. The summed E-state index contributed by atoms with van der Waals surface area (Å²) >= 11 is 0. The molecule has 0 radical (unpaired) electrons. The highest BCUT2D eigenvalue weighted by Gasteiger charge is 2.38. The number of carbonyl (C=O) groups excluding carboxylic acids is 2. The molecule has 2 aliphatic heterocycles. The largest absolute Gasteiger partial charge is 0.494 e. The highest BCUT2D eigenvalue weighted by Crippen LogP contribution is 2.28. The monoisotopic (exact) mass is 438 g/mol. The van der Waals surface area contributed by atoms with Gasteiger partial charge in [0.2, 0.25) is 11.8 Å². The summed E-state index contributed by atoms with van der Waals surface area (Å²) in [5.41, 5.74) is 1.74. The van der Waals surface area contributed by atoms with Crippen molar-refractivity contribution >= 4 is 28.9 Å². The number of anilines is 2. The van der Waals surface area contributed by atoms with Crippen LogP contribution in [0.1, 0.15) is 13.3 Å². The first-order valence-corrected chi connectivity index (χ1v) is 10.8. The van der Waals surface area contributed by atoms with Crippen molar-refractivity contribution in [3.05, 3.63) is 58.6 Å². The Kier molecular flexibility index (Phi) is 6.25. The number of ether oxygens (including phenoxy) is 1. The van der Waals surface area contributed by atoms with Crippen LogP contribution in [0.3, 0.4) is 0 Å². The van der Waals surface area contributed by atoms with E-state index >= 15 is 0 Å². The topological polar surface area (TPSA) is 96.2 Å². The van der Waals surface area contributed by atoms with E-state index in [9.17, 15) is 19.7 Å². The van der Waals surface area contributed by atoms with Crippen LogP contribution in [0.2, 0.25) is 0 Å². The molecular formula is C23H26N4O5. The summed E-state index contributed by atoms with van der Waals surface area (Å²) < 4.78 is 5.45. The van der Waals surface area contributed by atoms with Crippen molar-refractivity contribution in [3.8, 4) is 5.75 Å². The third-order valence-electron chi connectivity index (χ3n) is 5.95. The molecule has 2 aromatic rings. The Labute approximate surface area is 186 Å². The SMILES string of the molecule is CCOc1ccc(N2C[C@@H](C(=O)N3CCN(c4ccc([N+](=O)[O-])cc4)CC3)CC2=O)cc1. The molecule has 2 saturated heterocycles. The van der Waals surface area contributed by atoms with Gasteiger partial charge in [-0.2, -0.15) is 0 Å². The van der Waals surface area contributed by atoms with E-state index in [0.717, 1.165) is 17.1 Å². The molecule has 32 heavy (non-hydrogen) atoms. The second kappa shape index (κ2) is 9.25. The molecule has 2 aromatic carbocycles. The number of hydrogen-bond donors (Lipinski definition) is 0. The molecular weight excluding hydrogens is 412 g/mol. The second-order valence-corrected chi connectivity index (χ2v) is 7.92. The molecule has 0 aromatic heterocycles. The van der Waals surface area contributed by atoms with Gasteiger partial charge < -0.3 is 19.4 Å². The quantitative estimate of drug-likeness (QED) is 0.508. The molecule has 0 unspecified atom stereocenters. The number of nitrogens with zero attached hydrogens (tertiary/aromatic N) is 4. The first-order valence-electron chi connectivity index (χ1n) is 10.8. The van der Waals surface area contributed by atoms with Crippen molar-refractivity contribution in [2.75, 3.05) is 49.1 Å². The number of rotatable bonds is 6. The molecule has 168 valence electrons. The van der Waals surface area contributed by atoms with Crippen LogP contribution in [0.25, 0.3) is 0 Å². The average molecular weight is 438 g/mol. The Hall–Kier alpha value is -3.62. The van der Waals surface area contributed by atoms with Gasteiger partial charge in [0.1, 0.15) is 5.75 Å². The maximum absolute atomic E-state index is 13.1. The van der Waals surface area contributed by atoms with Gasteiger partial charge in [-0.15, -0.1) is 0 Å². The van der Waals surface area contributed by atoms with Gasteiger partial charge in [-0.3, -0.25) is 19.7 Å². The number of nitro groups is 1. The standard InChI is InChI=1S/C23H26N4O5/c1-2-32-21-9-7-19(8-10-21)26-16-17(15-22(26)28)23(29)25-13-11-24(12-14-25)18-3-5-20(6-4-18)27(30)31/h3-10,17H,2,11-16H2,1H3/t17-/m0/s1. The predicted octanol–water partition coefficient (Wildman–Crippen LogP) is 2.70. The Morgan fingerprint density at radius 3 is 2.25 bits per heavy atom. The number of benzene rings is 2. The van der Waals surface area contributed by atoms with Crippen LogP contribution in [0.5, 0.6) is 5.75 Å². The number of nitro benzene ring substituents is 1. The Balaban J connectivity index is 1.33. The average Bonchev–Trinajstić information content (AvgIpc) is 3.21. The minimum Gasteiger partial charge on any atom is -0.494 e. The lowest BCUT2D eigenvalue weighted by Gasteiger charge is -2.37. The van der Waals surface area contributed by atoms with Gasteiger partial charge in [-0.05, 0) is 43.3 Å². The van der Waals surface area contributed by atoms with E-state index in [1.165, 1.54) is 12.1 Å². The minimum absolute atomic E-state index is 0.00939. The van der Waals surface area contributed by atoms with E-state index in [0.29, 0.717) is 39.3 Å². The Morgan fingerprint density at radius 1 is 1.03 bits per heavy atom. The lowest BCUT2D eigenvalue weighted by molar-refractivity contribution is -0.384. The lowest BCUT2D eigenvalue weighted by Crippen LogP contribution is -2.50. The van der Waals surface area contributed by atoms with Gasteiger partial charge in [0.25, 0.3) is 5.69 Å². The summed E-state index contributed by atoms with van der Waals surface area (Å²) in [6.45, 7) is 5.29. The third-order valence-corrected chi connectivity index (χ3v) is 5.95. The number of piperazine rings is 1. The van der Waals surface area contributed by atoms with Crippen molar-refractivity contribution in [2.45, 2.75) is 13.3 Å². The molecule has 2 fully saturated rings. The third kappa shape index (κ3) is 4.51. The van der Waals surface area contributed by atoms with Crippen LogP contribution in [-0.2, 0) is 9.59 Å². The molecule has 1 atom stereocenters. The van der Waals surface area contributed by atoms with Crippen LogP contribution in [-0.4, -0.2) is 61.0 Å². The van der Waals surface area contributed by atoms with Crippen molar-refractivity contribution in [1.29, 1.82) is 0 Å². The summed E-state index contributed by atoms with van der Waals surface area (Å²) in [5.74, 6) is 0.369. The van der Waals surface area contributed by atoms with Crippen LogP contribution in [0, 0.1) is 16.0 Å². The van der Waals surface area contributed by atoms with E-state index in [1.54, 1.807) is 17.0 Å². The molecule has 9 heteroatoms. The van der Waals surface area contributed by atoms with Crippen molar-refractivity contribution in [2.24, 2.45) is 5.92 Å². The molecule has 0 N–H and O–H groups in total. The van der Waals surface area contributed by atoms with Gasteiger partial charge in [-0.1, -0.05) is 0 Å². The summed E-state index contributed by atoms with van der Waals surface area (Å²) in [6, 6.07) is 13.8. The van der Waals surface area contributed by atoms with Crippen LogP contribution in [0.4, 0.5) is 17.1 Å². The summed E-state index contributed by atoms with van der Waals surface area (Å²) in [4.78, 5) is 41.6. The van der Waals surface area contributed by atoms with Gasteiger partial charge in [0.15, 0.2) is 0 Å². The molecule has 0 saturated carbocycles. The zero-order valence-corrected chi connectivity index (χ0v) is 18.0. The van der Waals surface area contributed by atoms with Crippen LogP contribution in [0.15, 0.2) is 48.5 Å². The second-order valence-electron chi connectivity index (χ2n) is 7.92. The molecule has 0 bridgehead atoms. The van der Waals surface area contributed by atoms with E-state index in [-0.39, 0.29) is 29.8 Å². The minimum atomic E-state index is -0.417. The van der Waals surface area contributed by atoms with E-state index in [1.807, 2.05) is 36.1 Å². The lowest BCUT2D eigenvalue weighted by atomic mass is 10.1. The first-order chi connectivity index (χ1) is 15.5. The van der Waals surface area contributed by atoms with Crippen LogP contribution < -0.4 is 14.5 Å². The normalized spacial score (nSPS) is 18.7. The molecule has 2 heterocycles. The molecule has 4 rings (SSSR count). The summed E-state index contributed by atoms with van der Waals surface area (Å²) in [6.07, 6.45) is 0.217. The zero-order valence-electron chi connectivity index (χ0n) is 18.0. The molecule has 2 amide bonds. The van der Waals surface area contributed by atoms with E-state index in [2.05, 4.69) is 4.90 Å². The number of amides is 2. The van der Waals surface area contributed by atoms with Gasteiger partial charge in [0.05, 0.1) is 17.4 Å².